The topological polar surface area (TPSA) is 49.3 Å². The molecule has 1 aromatic carbocycles. The van der Waals surface area contributed by atoms with E-state index in [4.69, 9.17) is 5.11 Å². The van der Waals surface area contributed by atoms with E-state index >= 15 is 0 Å². The van der Waals surface area contributed by atoms with Crippen molar-refractivity contribution in [3.05, 3.63) is 35.4 Å². The van der Waals surface area contributed by atoms with Crippen molar-refractivity contribution < 1.29 is 9.90 Å². The van der Waals surface area contributed by atoms with E-state index in [-0.39, 0.29) is 6.42 Å². The van der Waals surface area contributed by atoms with Crippen LogP contribution < -0.4 is 5.32 Å². The second-order valence-electron chi connectivity index (χ2n) is 6.36. The third kappa shape index (κ3) is 4.64. The predicted molar refractivity (Wildman–Crippen MR) is 80.7 cm³/mol. The number of nitrogens with one attached hydrogen (secondary N) is 1. The molecule has 3 nitrogen and oxygen atoms in total. The van der Waals surface area contributed by atoms with Gasteiger partial charge in [-0.2, -0.15) is 0 Å². The van der Waals surface area contributed by atoms with E-state index in [0.717, 1.165) is 18.7 Å². The summed E-state index contributed by atoms with van der Waals surface area (Å²) in [6, 6.07) is 7.86. The van der Waals surface area contributed by atoms with Crippen molar-refractivity contribution in [2.45, 2.75) is 52.0 Å². The Morgan fingerprint density at radius 1 is 1.15 bits per heavy atom. The molecule has 0 bridgehead atoms. The Bertz CT molecular complexity index is 433. The Kier molecular flexibility index (Phi) is 5.18. The first kappa shape index (κ1) is 15.0. The number of hydrogen-bond acceptors (Lipinski definition) is 2. The lowest BCUT2D eigenvalue weighted by Crippen LogP contribution is -2.33. The van der Waals surface area contributed by atoms with Crippen LogP contribution in [0.2, 0.25) is 0 Å². The molecule has 0 spiro atoms. The Labute approximate surface area is 121 Å². The summed E-state index contributed by atoms with van der Waals surface area (Å²) in [6.45, 7) is 4.32. The molecule has 110 valence electrons. The predicted octanol–water partition coefficient (Wildman–Crippen LogP) is 3.37. The molecule has 0 aromatic heterocycles. The van der Waals surface area contributed by atoms with Crippen LogP contribution in [0.15, 0.2) is 24.3 Å². The minimum atomic E-state index is -0.777. The molecule has 1 saturated carbocycles. The normalized spacial score (nSPS) is 17.9. The van der Waals surface area contributed by atoms with Gasteiger partial charge in [-0.15, -0.1) is 0 Å². The number of rotatable bonds is 6. The van der Waals surface area contributed by atoms with Crippen molar-refractivity contribution in [2.75, 3.05) is 6.54 Å². The lowest BCUT2D eigenvalue weighted by atomic mass is 9.76. The molecule has 0 radical (unpaired) electrons. The maximum Gasteiger partial charge on any atom is 0.307 e. The second-order valence-corrected chi connectivity index (χ2v) is 6.36. The van der Waals surface area contributed by atoms with Crippen LogP contribution in [0.4, 0.5) is 0 Å². The van der Waals surface area contributed by atoms with Gasteiger partial charge in [-0.1, -0.05) is 50.5 Å². The zero-order chi connectivity index (χ0) is 14.4. The standard InChI is InChI=1S/C17H25NO2/c1-17(9-3-2-4-10-17)13-18-12-15-7-5-14(6-8-15)11-16(19)20/h5-8,18H,2-4,9-13H2,1H3,(H,19,20). The average molecular weight is 275 g/mol. The molecule has 1 aromatic rings. The van der Waals surface area contributed by atoms with Gasteiger partial charge in [-0.25, -0.2) is 0 Å². The third-order valence-electron chi connectivity index (χ3n) is 4.32. The van der Waals surface area contributed by atoms with E-state index in [2.05, 4.69) is 12.2 Å². The Hall–Kier alpha value is -1.35. The number of carbonyl (C=O) groups is 1. The lowest BCUT2D eigenvalue weighted by Gasteiger charge is -2.33. The average Bonchev–Trinajstić information content (AvgIpc) is 2.41. The smallest absolute Gasteiger partial charge is 0.307 e. The fourth-order valence-electron chi connectivity index (χ4n) is 3.04. The van der Waals surface area contributed by atoms with Crippen LogP contribution in [-0.2, 0) is 17.8 Å². The van der Waals surface area contributed by atoms with Crippen LogP contribution in [0.1, 0.15) is 50.2 Å². The molecule has 2 rings (SSSR count). The van der Waals surface area contributed by atoms with Crippen LogP contribution in [-0.4, -0.2) is 17.6 Å². The first-order valence-electron chi connectivity index (χ1n) is 7.58. The van der Waals surface area contributed by atoms with Crippen LogP contribution in [0.3, 0.4) is 0 Å². The molecule has 3 heteroatoms. The minimum Gasteiger partial charge on any atom is -0.481 e. The zero-order valence-corrected chi connectivity index (χ0v) is 12.3. The van der Waals surface area contributed by atoms with Crippen LogP contribution >= 0.6 is 0 Å². The van der Waals surface area contributed by atoms with Crippen LogP contribution in [0.5, 0.6) is 0 Å². The molecule has 0 saturated heterocycles. The summed E-state index contributed by atoms with van der Waals surface area (Å²) in [6.07, 6.45) is 6.88. The van der Waals surface area contributed by atoms with Crippen molar-refractivity contribution in [1.82, 2.24) is 5.32 Å². The fourth-order valence-corrected chi connectivity index (χ4v) is 3.04. The summed E-state index contributed by atoms with van der Waals surface area (Å²) in [5.41, 5.74) is 2.54. The van der Waals surface area contributed by atoms with Gasteiger partial charge in [0.1, 0.15) is 0 Å². The van der Waals surface area contributed by atoms with Gasteiger partial charge >= 0.3 is 5.97 Å². The number of benzene rings is 1. The highest BCUT2D eigenvalue weighted by Crippen LogP contribution is 2.34. The maximum absolute atomic E-state index is 10.6. The Morgan fingerprint density at radius 2 is 1.75 bits per heavy atom. The van der Waals surface area contributed by atoms with Gasteiger partial charge in [-0.05, 0) is 29.4 Å². The second kappa shape index (κ2) is 6.89. The van der Waals surface area contributed by atoms with Gasteiger partial charge in [0, 0.05) is 13.1 Å². The van der Waals surface area contributed by atoms with Gasteiger partial charge in [0.05, 0.1) is 6.42 Å². The third-order valence-corrected chi connectivity index (χ3v) is 4.32. The van der Waals surface area contributed by atoms with E-state index < -0.39 is 5.97 Å². The molecule has 0 heterocycles. The molecule has 1 aliphatic rings. The summed E-state index contributed by atoms with van der Waals surface area (Å²) < 4.78 is 0. The molecule has 1 fully saturated rings. The van der Waals surface area contributed by atoms with Crippen molar-refractivity contribution in [3.63, 3.8) is 0 Å². The number of carboxylic acids is 1. The Balaban J connectivity index is 1.77. The fraction of sp³-hybridized carbons (Fsp3) is 0.588. The quantitative estimate of drug-likeness (QED) is 0.837. The van der Waals surface area contributed by atoms with Crippen LogP contribution in [0.25, 0.3) is 0 Å². The highest BCUT2D eigenvalue weighted by molar-refractivity contribution is 5.70. The molecule has 0 aliphatic heterocycles. The highest BCUT2D eigenvalue weighted by atomic mass is 16.4. The van der Waals surface area contributed by atoms with Crippen molar-refractivity contribution in [2.24, 2.45) is 5.41 Å². The largest absolute Gasteiger partial charge is 0.481 e. The summed E-state index contributed by atoms with van der Waals surface area (Å²) in [7, 11) is 0. The van der Waals surface area contributed by atoms with Crippen LogP contribution in [0, 0.1) is 5.41 Å². The van der Waals surface area contributed by atoms with E-state index in [1.165, 1.54) is 37.7 Å². The Morgan fingerprint density at radius 3 is 2.35 bits per heavy atom. The van der Waals surface area contributed by atoms with Gasteiger partial charge < -0.3 is 10.4 Å². The first-order valence-corrected chi connectivity index (χ1v) is 7.58. The summed E-state index contributed by atoms with van der Waals surface area (Å²) >= 11 is 0. The van der Waals surface area contributed by atoms with Gasteiger partial charge in [0.25, 0.3) is 0 Å². The van der Waals surface area contributed by atoms with E-state index in [0.29, 0.717) is 5.41 Å². The summed E-state index contributed by atoms with van der Waals surface area (Å²) in [5, 5.41) is 12.3. The summed E-state index contributed by atoms with van der Waals surface area (Å²) in [5.74, 6) is -0.777. The van der Waals surface area contributed by atoms with E-state index in [1.807, 2.05) is 24.3 Å². The number of hydrogen-bond donors (Lipinski definition) is 2. The van der Waals surface area contributed by atoms with E-state index in [1.54, 1.807) is 0 Å². The molecule has 2 N–H and O–H groups in total. The van der Waals surface area contributed by atoms with Gasteiger partial charge in [0.2, 0.25) is 0 Å². The molecular formula is C17H25NO2. The molecular weight excluding hydrogens is 250 g/mol. The summed E-state index contributed by atoms with van der Waals surface area (Å²) in [4.78, 5) is 10.6. The van der Waals surface area contributed by atoms with Crippen molar-refractivity contribution >= 4 is 5.97 Å². The van der Waals surface area contributed by atoms with Crippen molar-refractivity contribution in [3.8, 4) is 0 Å². The SMILES string of the molecule is CC1(CNCc2ccc(CC(=O)O)cc2)CCCCC1. The zero-order valence-electron chi connectivity index (χ0n) is 12.3. The van der Waals surface area contributed by atoms with Crippen molar-refractivity contribution in [1.29, 1.82) is 0 Å². The minimum absolute atomic E-state index is 0.103. The molecule has 1 aliphatic carbocycles. The monoisotopic (exact) mass is 275 g/mol. The number of carboxylic acid groups (broad SMARTS) is 1. The maximum atomic E-state index is 10.6. The molecule has 0 unspecified atom stereocenters. The van der Waals surface area contributed by atoms with E-state index in [9.17, 15) is 4.79 Å². The molecule has 20 heavy (non-hydrogen) atoms. The lowest BCUT2D eigenvalue weighted by molar-refractivity contribution is -0.136. The van der Waals surface area contributed by atoms with Gasteiger partial charge in [0.15, 0.2) is 0 Å². The first-order chi connectivity index (χ1) is 9.57. The molecule has 0 amide bonds. The van der Waals surface area contributed by atoms with Gasteiger partial charge in [-0.3, -0.25) is 4.79 Å². The molecule has 0 atom stereocenters. The highest BCUT2D eigenvalue weighted by Gasteiger charge is 2.25. The number of aliphatic carboxylic acids is 1.